The van der Waals surface area contributed by atoms with Crippen LogP contribution in [0.25, 0.3) is 0 Å². The average molecular weight is 229 g/mol. The van der Waals surface area contributed by atoms with Crippen LogP contribution in [-0.4, -0.2) is 0 Å². The molecule has 1 aromatic rings. The minimum Gasteiger partial charge on any atom is -0.271 e. The number of nitrogens with two attached hydrogens (primary N) is 1. The second-order valence-corrected chi connectivity index (χ2v) is 3.98. The molecule has 0 aromatic heterocycles. The molecule has 1 aromatic carbocycles. The van der Waals surface area contributed by atoms with Crippen LogP contribution in [0.5, 0.6) is 0 Å². The van der Waals surface area contributed by atoms with E-state index in [4.69, 9.17) is 17.4 Å². The van der Waals surface area contributed by atoms with Crippen LogP contribution in [0.2, 0.25) is 5.02 Å². The van der Waals surface area contributed by atoms with Crippen LogP contribution >= 0.6 is 11.6 Å². The molecule has 0 saturated heterocycles. The molecular formula is C11H14ClFN2. The van der Waals surface area contributed by atoms with E-state index in [0.29, 0.717) is 17.0 Å². The lowest BCUT2D eigenvalue weighted by Crippen LogP contribution is -2.28. The fourth-order valence-corrected chi connectivity index (χ4v) is 1.57. The summed E-state index contributed by atoms with van der Waals surface area (Å²) in [5.41, 5.74) is 3.95. The molecule has 0 bridgehead atoms. The molecule has 0 fully saturated rings. The van der Waals surface area contributed by atoms with Gasteiger partial charge < -0.3 is 0 Å². The number of hydrazine groups is 1. The molecule has 0 spiro atoms. The first-order valence-electron chi connectivity index (χ1n) is 4.60. The SMILES string of the molecule is C=C(C)CC(NN)c1cc(Cl)ccc1F. The van der Waals surface area contributed by atoms with Gasteiger partial charge in [0.05, 0.1) is 6.04 Å². The Balaban J connectivity index is 3.00. The molecule has 0 aliphatic carbocycles. The van der Waals surface area contributed by atoms with E-state index < -0.39 is 0 Å². The van der Waals surface area contributed by atoms with Gasteiger partial charge in [0.2, 0.25) is 0 Å². The van der Waals surface area contributed by atoms with Crippen molar-refractivity contribution in [1.82, 2.24) is 5.43 Å². The number of benzene rings is 1. The van der Waals surface area contributed by atoms with Crippen LogP contribution in [0, 0.1) is 5.82 Å². The fraction of sp³-hybridized carbons (Fsp3) is 0.273. The molecule has 0 amide bonds. The first-order valence-corrected chi connectivity index (χ1v) is 4.98. The number of hydrogen-bond donors (Lipinski definition) is 2. The van der Waals surface area contributed by atoms with Crippen molar-refractivity contribution in [2.45, 2.75) is 19.4 Å². The van der Waals surface area contributed by atoms with Crippen molar-refractivity contribution in [2.75, 3.05) is 0 Å². The smallest absolute Gasteiger partial charge is 0.128 e. The highest BCUT2D eigenvalue weighted by atomic mass is 35.5. The van der Waals surface area contributed by atoms with Gasteiger partial charge in [-0.25, -0.2) is 4.39 Å². The fourth-order valence-electron chi connectivity index (χ4n) is 1.39. The minimum absolute atomic E-state index is 0.291. The van der Waals surface area contributed by atoms with E-state index in [1.807, 2.05) is 6.92 Å². The van der Waals surface area contributed by atoms with Gasteiger partial charge >= 0.3 is 0 Å². The second-order valence-electron chi connectivity index (χ2n) is 3.55. The quantitative estimate of drug-likeness (QED) is 0.473. The van der Waals surface area contributed by atoms with Crippen LogP contribution < -0.4 is 11.3 Å². The van der Waals surface area contributed by atoms with Crippen molar-refractivity contribution in [3.8, 4) is 0 Å². The first-order chi connectivity index (χ1) is 7.04. The van der Waals surface area contributed by atoms with Crippen LogP contribution in [-0.2, 0) is 0 Å². The van der Waals surface area contributed by atoms with Crippen LogP contribution in [0.15, 0.2) is 30.4 Å². The molecule has 3 N–H and O–H groups in total. The predicted molar refractivity (Wildman–Crippen MR) is 60.9 cm³/mol. The Hall–Kier alpha value is -0.900. The monoisotopic (exact) mass is 228 g/mol. The van der Waals surface area contributed by atoms with E-state index in [1.165, 1.54) is 12.1 Å². The van der Waals surface area contributed by atoms with Crippen molar-refractivity contribution in [1.29, 1.82) is 0 Å². The number of rotatable bonds is 4. The third-order valence-electron chi connectivity index (χ3n) is 2.09. The van der Waals surface area contributed by atoms with Gasteiger partial charge in [-0.2, -0.15) is 0 Å². The van der Waals surface area contributed by atoms with Crippen molar-refractivity contribution in [2.24, 2.45) is 5.84 Å². The number of hydrogen-bond acceptors (Lipinski definition) is 2. The largest absolute Gasteiger partial charge is 0.271 e. The Labute approximate surface area is 93.9 Å². The van der Waals surface area contributed by atoms with Gasteiger partial charge in [0.25, 0.3) is 0 Å². The Bertz CT molecular complexity index is 366. The van der Waals surface area contributed by atoms with Crippen molar-refractivity contribution >= 4 is 11.6 Å². The van der Waals surface area contributed by atoms with Gasteiger partial charge in [-0.1, -0.05) is 17.2 Å². The van der Waals surface area contributed by atoms with Gasteiger partial charge in [0, 0.05) is 10.6 Å². The van der Waals surface area contributed by atoms with Crippen molar-refractivity contribution in [3.63, 3.8) is 0 Å². The van der Waals surface area contributed by atoms with Crippen molar-refractivity contribution in [3.05, 3.63) is 46.8 Å². The van der Waals surface area contributed by atoms with Crippen molar-refractivity contribution < 1.29 is 4.39 Å². The molecule has 0 saturated carbocycles. The summed E-state index contributed by atoms with van der Waals surface area (Å²) in [6, 6.07) is 4.13. The zero-order chi connectivity index (χ0) is 11.4. The van der Waals surface area contributed by atoms with Gasteiger partial charge in [-0.05, 0) is 31.5 Å². The van der Waals surface area contributed by atoms with E-state index in [-0.39, 0.29) is 11.9 Å². The Morgan fingerprint density at radius 3 is 2.87 bits per heavy atom. The summed E-state index contributed by atoms with van der Waals surface area (Å²) in [6.07, 6.45) is 0.577. The summed E-state index contributed by atoms with van der Waals surface area (Å²) in [4.78, 5) is 0. The lowest BCUT2D eigenvalue weighted by atomic mass is 10.0. The maximum Gasteiger partial charge on any atom is 0.128 e. The molecular weight excluding hydrogens is 215 g/mol. The minimum atomic E-state index is -0.316. The summed E-state index contributed by atoms with van der Waals surface area (Å²) < 4.78 is 13.5. The zero-order valence-electron chi connectivity index (χ0n) is 8.56. The molecule has 0 aliphatic heterocycles. The van der Waals surface area contributed by atoms with Gasteiger partial charge in [-0.3, -0.25) is 11.3 Å². The maximum absolute atomic E-state index is 13.5. The van der Waals surface area contributed by atoms with Gasteiger partial charge in [0.15, 0.2) is 0 Å². The lowest BCUT2D eigenvalue weighted by molar-refractivity contribution is 0.509. The summed E-state index contributed by atoms with van der Waals surface area (Å²) in [6.45, 7) is 5.64. The first kappa shape index (κ1) is 12.2. The Kier molecular flexibility index (Phi) is 4.27. The highest BCUT2D eigenvalue weighted by Crippen LogP contribution is 2.25. The summed E-state index contributed by atoms with van der Waals surface area (Å²) in [7, 11) is 0. The Morgan fingerprint density at radius 2 is 2.33 bits per heavy atom. The molecule has 15 heavy (non-hydrogen) atoms. The molecule has 0 radical (unpaired) electrons. The Morgan fingerprint density at radius 1 is 1.67 bits per heavy atom. The standard InChI is InChI=1S/C11H14ClFN2/c1-7(2)5-11(15-14)9-6-8(12)3-4-10(9)13/h3-4,6,11,15H,1,5,14H2,2H3. The highest BCUT2D eigenvalue weighted by molar-refractivity contribution is 6.30. The van der Waals surface area contributed by atoms with E-state index in [2.05, 4.69) is 12.0 Å². The summed E-state index contributed by atoms with van der Waals surface area (Å²) >= 11 is 5.80. The molecule has 0 heterocycles. The maximum atomic E-state index is 13.5. The van der Waals surface area contributed by atoms with Gasteiger partial charge in [0.1, 0.15) is 5.82 Å². The third kappa shape index (κ3) is 3.30. The molecule has 2 nitrogen and oxygen atoms in total. The summed E-state index contributed by atoms with van der Waals surface area (Å²) in [5, 5.41) is 0.494. The third-order valence-corrected chi connectivity index (χ3v) is 2.32. The van der Waals surface area contributed by atoms with Crippen LogP contribution in [0.3, 0.4) is 0 Å². The topological polar surface area (TPSA) is 38.0 Å². The average Bonchev–Trinajstić information content (AvgIpc) is 2.18. The van der Waals surface area contributed by atoms with Crippen LogP contribution in [0.4, 0.5) is 4.39 Å². The van der Waals surface area contributed by atoms with E-state index in [0.717, 1.165) is 5.57 Å². The molecule has 1 unspecified atom stereocenters. The lowest BCUT2D eigenvalue weighted by Gasteiger charge is -2.17. The number of nitrogens with one attached hydrogen (secondary N) is 1. The van der Waals surface area contributed by atoms with E-state index in [9.17, 15) is 4.39 Å². The van der Waals surface area contributed by atoms with Gasteiger partial charge in [-0.15, -0.1) is 6.58 Å². The molecule has 1 rings (SSSR count). The van der Waals surface area contributed by atoms with E-state index >= 15 is 0 Å². The molecule has 1 atom stereocenters. The summed E-state index contributed by atoms with van der Waals surface area (Å²) in [5.74, 6) is 5.06. The normalized spacial score (nSPS) is 12.5. The molecule has 82 valence electrons. The van der Waals surface area contributed by atoms with Crippen LogP contribution in [0.1, 0.15) is 24.9 Å². The zero-order valence-corrected chi connectivity index (χ0v) is 9.31. The molecule has 0 aliphatic rings. The number of halogens is 2. The predicted octanol–water partition coefficient (Wildman–Crippen LogP) is 2.95. The second kappa shape index (κ2) is 5.26. The highest BCUT2D eigenvalue weighted by Gasteiger charge is 2.14. The molecule has 4 heteroatoms. The van der Waals surface area contributed by atoms with E-state index in [1.54, 1.807) is 6.07 Å².